The van der Waals surface area contributed by atoms with E-state index in [1.807, 2.05) is 24.3 Å². The maximum absolute atomic E-state index is 10.8. The van der Waals surface area contributed by atoms with E-state index in [1.165, 1.54) is 21.4 Å². The number of carboxylic acids is 1. The van der Waals surface area contributed by atoms with Crippen molar-refractivity contribution >= 4 is 46.0 Å². The first-order valence-electron chi connectivity index (χ1n) is 5.12. The molecule has 0 spiro atoms. The standard InChI is InChI=1S/C13H10INO2S/c14-9-2-4-10(5-3-9)18-12-6-1-8(13(16)17)7-11(12)15/h1-7H,15H2,(H,16,17). The molecule has 3 nitrogen and oxygen atoms in total. The van der Waals surface area contributed by atoms with Crippen LogP contribution in [0.3, 0.4) is 0 Å². The quantitative estimate of drug-likeness (QED) is 0.638. The normalized spacial score (nSPS) is 10.3. The molecule has 92 valence electrons. The monoisotopic (exact) mass is 371 g/mol. The number of rotatable bonds is 3. The van der Waals surface area contributed by atoms with Gasteiger partial charge in [0.2, 0.25) is 0 Å². The van der Waals surface area contributed by atoms with E-state index < -0.39 is 5.97 Å². The molecule has 0 aliphatic heterocycles. The molecule has 0 aromatic heterocycles. The number of benzene rings is 2. The number of nitrogens with two attached hydrogens (primary N) is 1. The summed E-state index contributed by atoms with van der Waals surface area (Å²) in [5.74, 6) is -0.965. The van der Waals surface area contributed by atoms with E-state index in [-0.39, 0.29) is 5.56 Å². The lowest BCUT2D eigenvalue weighted by Crippen LogP contribution is -1.98. The molecule has 0 saturated heterocycles. The summed E-state index contributed by atoms with van der Waals surface area (Å²) in [6, 6.07) is 12.8. The van der Waals surface area contributed by atoms with Crippen LogP contribution in [0.1, 0.15) is 10.4 Å². The van der Waals surface area contributed by atoms with Crippen LogP contribution in [0.2, 0.25) is 0 Å². The second-order valence-corrected chi connectivity index (χ2v) is 5.97. The first-order valence-corrected chi connectivity index (χ1v) is 7.02. The molecule has 0 fully saturated rings. The number of halogens is 1. The molecule has 2 aromatic carbocycles. The van der Waals surface area contributed by atoms with Crippen LogP contribution >= 0.6 is 34.4 Å². The van der Waals surface area contributed by atoms with E-state index in [0.717, 1.165) is 9.79 Å². The first-order chi connectivity index (χ1) is 8.56. The average Bonchev–Trinajstić information content (AvgIpc) is 2.34. The van der Waals surface area contributed by atoms with Crippen molar-refractivity contribution in [1.82, 2.24) is 0 Å². The van der Waals surface area contributed by atoms with Gasteiger partial charge < -0.3 is 10.8 Å². The van der Waals surface area contributed by atoms with Gasteiger partial charge in [0.25, 0.3) is 0 Å². The predicted octanol–water partition coefficient (Wildman–Crippen LogP) is 3.72. The number of anilines is 1. The number of hydrogen-bond donors (Lipinski definition) is 2. The second-order valence-electron chi connectivity index (χ2n) is 3.61. The molecule has 0 aliphatic carbocycles. The summed E-state index contributed by atoms with van der Waals surface area (Å²) < 4.78 is 1.17. The van der Waals surface area contributed by atoms with Crippen LogP contribution in [-0.2, 0) is 0 Å². The van der Waals surface area contributed by atoms with Crippen LogP contribution < -0.4 is 5.73 Å². The minimum atomic E-state index is -0.965. The van der Waals surface area contributed by atoms with Gasteiger partial charge in [0.05, 0.1) is 5.56 Å². The van der Waals surface area contributed by atoms with Gasteiger partial charge >= 0.3 is 5.97 Å². The number of carboxylic acid groups (broad SMARTS) is 1. The van der Waals surface area contributed by atoms with E-state index in [1.54, 1.807) is 12.1 Å². The molecule has 0 bridgehead atoms. The zero-order valence-electron chi connectivity index (χ0n) is 9.26. The van der Waals surface area contributed by atoms with E-state index in [4.69, 9.17) is 10.8 Å². The van der Waals surface area contributed by atoms with Gasteiger partial charge in [-0.2, -0.15) is 0 Å². The summed E-state index contributed by atoms with van der Waals surface area (Å²) in [5.41, 5.74) is 6.54. The Balaban J connectivity index is 2.24. The molecule has 0 radical (unpaired) electrons. The van der Waals surface area contributed by atoms with Gasteiger partial charge in [0.1, 0.15) is 0 Å². The van der Waals surface area contributed by atoms with E-state index in [9.17, 15) is 4.79 Å². The molecule has 18 heavy (non-hydrogen) atoms. The molecule has 5 heteroatoms. The third-order valence-corrected chi connectivity index (χ3v) is 4.12. The van der Waals surface area contributed by atoms with Crippen molar-refractivity contribution in [1.29, 1.82) is 0 Å². The van der Waals surface area contributed by atoms with Crippen LogP contribution in [0.25, 0.3) is 0 Å². The summed E-state index contributed by atoms with van der Waals surface area (Å²) in [6.45, 7) is 0. The van der Waals surface area contributed by atoms with Crippen molar-refractivity contribution in [3.05, 3.63) is 51.6 Å². The Bertz CT molecular complexity index is 584. The fourth-order valence-corrected chi connectivity index (χ4v) is 2.60. The second kappa shape index (κ2) is 5.62. The molecule has 0 unspecified atom stereocenters. The minimum absolute atomic E-state index is 0.208. The molecule has 2 rings (SSSR count). The third-order valence-electron chi connectivity index (χ3n) is 2.30. The molecular weight excluding hydrogens is 361 g/mol. The Morgan fingerprint density at radius 3 is 2.39 bits per heavy atom. The van der Waals surface area contributed by atoms with Gasteiger partial charge in [-0.1, -0.05) is 11.8 Å². The topological polar surface area (TPSA) is 63.3 Å². The number of aromatic carboxylic acids is 1. The highest BCUT2D eigenvalue weighted by Crippen LogP contribution is 2.32. The van der Waals surface area contributed by atoms with Crippen LogP contribution in [0.4, 0.5) is 5.69 Å². The molecule has 0 aliphatic rings. The van der Waals surface area contributed by atoms with Crippen molar-refractivity contribution in [2.45, 2.75) is 9.79 Å². The van der Waals surface area contributed by atoms with Gasteiger partial charge in [0.15, 0.2) is 0 Å². The largest absolute Gasteiger partial charge is 0.478 e. The summed E-state index contributed by atoms with van der Waals surface area (Å²) in [5, 5.41) is 8.86. The fourth-order valence-electron chi connectivity index (χ4n) is 1.40. The fraction of sp³-hybridized carbons (Fsp3) is 0. The molecule has 0 saturated carbocycles. The van der Waals surface area contributed by atoms with Crippen LogP contribution in [0.15, 0.2) is 52.3 Å². The molecule has 3 N–H and O–H groups in total. The van der Waals surface area contributed by atoms with Crippen molar-refractivity contribution in [3.8, 4) is 0 Å². The highest BCUT2D eigenvalue weighted by molar-refractivity contribution is 14.1. The number of nitrogen functional groups attached to an aromatic ring is 1. The van der Waals surface area contributed by atoms with Crippen LogP contribution in [-0.4, -0.2) is 11.1 Å². The van der Waals surface area contributed by atoms with Crippen molar-refractivity contribution < 1.29 is 9.90 Å². The summed E-state index contributed by atoms with van der Waals surface area (Å²) in [7, 11) is 0. The van der Waals surface area contributed by atoms with Crippen LogP contribution in [0.5, 0.6) is 0 Å². The number of carbonyl (C=O) groups is 1. The smallest absolute Gasteiger partial charge is 0.335 e. The lowest BCUT2D eigenvalue weighted by molar-refractivity contribution is 0.0697. The van der Waals surface area contributed by atoms with E-state index in [0.29, 0.717) is 5.69 Å². The minimum Gasteiger partial charge on any atom is -0.478 e. The van der Waals surface area contributed by atoms with E-state index >= 15 is 0 Å². The maximum atomic E-state index is 10.8. The predicted molar refractivity (Wildman–Crippen MR) is 81.1 cm³/mol. The van der Waals surface area contributed by atoms with Gasteiger partial charge in [-0.05, 0) is 65.1 Å². The first kappa shape index (κ1) is 13.2. The van der Waals surface area contributed by atoms with Crippen molar-refractivity contribution in [3.63, 3.8) is 0 Å². The third kappa shape index (κ3) is 3.17. The zero-order chi connectivity index (χ0) is 13.1. The molecule has 0 amide bonds. The van der Waals surface area contributed by atoms with Gasteiger partial charge in [-0.25, -0.2) is 4.79 Å². The van der Waals surface area contributed by atoms with Crippen molar-refractivity contribution in [2.24, 2.45) is 0 Å². The number of hydrogen-bond acceptors (Lipinski definition) is 3. The Hall–Kier alpha value is -1.21. The Morgan fingerprint density at radius 1 is 1.17 bits per heavy atom. The highest BCUT2D eigenvalue weighted by Gasteiger charge is 2.07. The summed E-state index contributed by atoms with van der Waals surface area (Å²) in [6.07, 6.45) is 0. The Labute approximate surface area is 123 Å². The van der Waals surface area contributed by atoms with E-state index in [2.05, 4.69) is 22.6 Å². The average molecular weight is 371 g/mol. The Morgan fingerprint density at radius 2 is 1.83 bits per heavy atom. The molecule has 0 atom stereocenters. The SMILES string of the molecule is Nc1cc(C(=O)O)ccc1Sc1ccc(I)cc1. The summed E-state index contributed by atoms with van der Waals surface area (Å²) >= 11 is 3.77. The van der Waals surface area contributed by atoms with Gasteiger partial charge in [0, 0.05) is 19.0 Å². The molecular formula is C13H10INO2S. The lowest BCUT2D eigenvalue weighted by Gasteiger charge is -2.06. The van der Waals surface area contributed by atoms with Gasteiger partial charge in [-0.3, -0.25) is 0 Å². The molecule has 2 aromatic rings. The lowest BCUT2D eigenvalue weighted by atomic mass is 10.2. The van der Waals surface area contributed by atoms with Crippen LogP contribution in [0, 0.1) is 3.57 Å². The van der Waals surface area contributed by atoms with Gasteiger partial charge in [-0.15, -0.1) is 0 Å². The molecule has 0 heterocycles. The van der Waals surface area contributed by atoms with Crippen molar-refractivity contribution in [2.75, 3.05) is 5.73 Å². The highest BCUT2D eigenvalue weighted by atomic mass is 127. The summed E-state index contributed by atoms with van der Waals surface area (Å²) in [4.78, 5) is 12.7. The Kier molecular flexibility index (Phi) is 4.13. The zero-order valence-corrected chi connectivity index (χ0v) is 12.2. The maximum Gasteiger partial charge on any atom is 0.335 e.